The minimum absolute atomic E-state index is 0.116. The van der Waals surface area contributed by atoms with Gasteiger partial charge in [-0.15, -0.1) is 0 Å². The van der Waals surface area contributed by atoms with Crippen molar-refractivity contribution in [3.8, 4) is 0 Å². The molecule has 0 bridgehead atoms. The molecule has 1 aliphatic carbocycles. The fourth-order valence-electron chi connectivity index (χ4n) is 2.35. The summed E-state index contributed by atoms with van der Waals surface area (Å²) in [5, 5.41) is 2.68. The Labute approximate surface area is 92.9 Å². The van der Waals surface area contributed by atoms with Crippen LogP contribution in [0.15, 0.2) is 0 Å². The maximum Gasteiger partial charge on any atom is 0.424 e. The maximum atomic E-state index is 11.9. The molecule has 1 aliphatic heterocycles. The van der Waals surface area contributed by atoms with Gasteiger partial charge >= 0.3 is 12.1 Å². The van der Waals surface area contributed by atoms with Crippen LogP contribution in [0.2, 0.25) is 0 Å². The number of imide groups is 3. The Morgan fingerprint density at radius 1 is 1.38 bits per heavy atom. The summed E-state index contributed by atoms with van der Waals surface area (Å²) in [6.07, 6.45) is 2.57. The summed E-state index contributed by atoms with van der Waals surface area (Å²) in [4.78, 5) is 35.3. The van der Waals surface area contributed by atoms with E-state index in [4.69, 9.17) is 0 Å². The molecule has 6 heteroatoms. The molecular formula is C10H14N2O4. The minimum atomic E-state index is -0.911. The zero-order valence-corrected chi connectivity index (χ0v) is 9.06. The van der Waals surface area contributed by atoms with Crippen LogP contribution in [0.1, 0.15) is 25.7 Å². The second-order valence-electron chi connectivity index (χ2n) is 4.09. The molecule has 1 N–H and O–H groups in total. The number of nitrogens with zero attached hydrogens (tertiary/aromatic N) is 1. The largest absolute Gasteiger partial charge is 0.452 e. The first kappa shape index (κ1) is 10.9. The smallest absolute Gasteiger partial charge is 0.424 e. The van der Waals surface area contributed by atoms with Crippen LogP contribution in [0.25, 0.3) is 0 Å². The van der Waals surface area contributed by atoms with E-state index >= 15 is 0 Å². The molecule has 4 amide bonds. The van der Waals surface area contributed by atoms with Gasteiger partial charge in [-0.25, -0.2) is 9.59 Å². The van der Waals surface area contributed by atoms with Gasteiger partial charge in [0.2, 0.25) is 5.91 Å². The summed E-state index contributed by atoms with van der Waals surface area (Å²) < 4.78 is 4.42. The molecule has 0 aromatic rings. The first-order valence-electron chi connectivity index (χ1n) is 5.37. The van der Waals surface area contributed by atoms with Gasteiger partial charge in [0.1, 0.15) is 0 Å². The Balaban J connectivity index is 2.20. The molecule has 16 heavy (non-hydrogen) atoms. The van der Waals surface area contributed by atoms with E-state index in [-0.39, 0.29) is 12.0 Å². The predicted molar refractivity (Wildman–Crippen MR) is 53.5 cm³/mol. The van der Waals surface area contributed by atoms with Crippen molar-refractivity contribution in [2.45, 2.75) is 31.7 Å². The number of hydrogen-bond acceptors (Lipinski definition) is 4. The molecule has 2 rings (SSSR count). The highest BCUT2D eigenvalue weighted by Crippen LogP contribution is 2.29. The van der Waals surface area contributed by atoms with Crippen LogP contribution in [-0.4, -0.2) is 36.1 Å². The van der Waals surface area contributed by atoms with Crippen LogP contribution in [0.5, 0.6) is 0 Å². The van der Waals surface area contributed by atoms with Gasteiger partial charge in [0.15, 0.2) is 0 Å². The number of carbonyl (C=O) groups excluding carboxylic acids is 3. The van der Waals surface area contributed by atoms with E-state index in [0.717, 1.165) is 32.8 Å². The van der Waals surface area contributed by atoms with Crippen molar-refractivity contribution in [3.05, 3.63) is 0 Å². The van der Waals surface area contributed by atoms with Gasteiger partial charge in [-0.2, -0.15) is 4.90 Å². The van der Waals surface area contributed by atoms with Gasteiger partial charge in [-0.1, -0.05) is 12.8 Å². The lowest BCUT2D eigenvalue weighted by Gasteiger charge is -2.38. The average molecular weight is 226 g/mol. The van der Waals surface area contributed by atoms with E-state index in [0.29, 0.717) is 4.90 Å². The van der Waals surface area contributed by atoms with Crippen LogP contribution in [-0.2, 0) is 9.53 Å². The van der Waals surface area contributed by atoms with Crippen LogP contribution in [0.4, 0.5) is 9.59 Å². The quantitative estimate of drug-likeness (QED) is 0.664. The third-order valence-electron chi connectivity index (χ3n) is 3.17. The van der Waals surface area contributed by atoms with Gasteiger partial charge in [0, 0.05) is 6.04 Å². The van der Waals surface area contributed by atoms with E-state index in [1.54, 1.807) is 0 Å². The third-order valence-corrected chi connectivity index (χ3v) is 3.17. The fourth-order valence-corrected chi connectivity index (χ4v) is 2.35. The van der Waals surface area contributed by atoms with Gasteiger partial charge in [0.05, 0.1) is 13.0 Å². The molecule has 0 aromatic carbocycles. The first-order chi connectivity index (χ1) is 7.65. The number of hydrogen-bond donors (Lipinski definition) is 1. The van der Waals surface area contributed by atoms with Gasteiger partial charge in [-0.05, 0) is 12.8 Å². The first-order valence-corrected chi connectivity index (χ1v) is 5.37. The topological polar surface area (TPSA) is 75.7 Å². The lowest BCUT2D eigenvalue weighted by Crippen LogP contribution is -2.62. The van der Waals surface area contributed by atoms with Crippen LogP contribution in [0, 0.1) is 5.92 Å². The number of methoxy groups -OCH3 is 1. The van der Waals surface area contributed by atoms with Crippen LogP contribution < -0.4 is 5.32 Å². The van der Waals surface area contributed by atoms with Crippen molar-refractivity contribution >= 4 is 18.0 Å². The number of nitrogens with one attached hydrogen (secondary N) is 1. The van der Waals surface area contributed by atoms with Crippen molar-refractivity contribution in [3.63, 3.8) is 0 Å². The number of ether oxygens (including phenoxy) is 1. The van der Waals surface area contributed by atoms with Crippen molar-refractivity contribution in [2.75, 3.05) is 7.11 Å². The van der Waals surface area contributed by atoms with Gasteiger partial charge in [0.25, 0.3) is 0 Å². The number of fused-ring (bicyclic) bond motifs is 1. The molecule has 0 unspecified atom stereocenters. The zero-order valence-electron chi connectivity index (χ0n) is 9.06. The normalized spacial score (nSPS) is 29.4. The highest BCUT2D eigenvalue weighted by molar-refractivity contribution is 6.10. The zero-order chi connectivity index (χ0) is 11.7. The standard InChI is InChI=1S/C10H14N2O4/c1-16-10(15)12-8(13)6-4-2-3-5-7(6)11-9(12)14/h6-7H,2-5H2,1H3,(H,11,14)/t6-,7-/m0/s1. The van der Waals surface area contributed by atoms with E-state index in [1.807, 2.05) is 0 Å². The van der Waals surface area contributed by atoms with Gasteiger partial charge < -0.3 is 10.1 Å². The molecule has 0 radical (unpaired) electrons. The van der Waals surface area contributed by atoms with E-state index in [1.165, 1.54) is 0 Å². The molecule has 6 nitrogen and oxygen atoms in total. The molecule has 1 saturated heterocycles. The van der Waals surface area contributed by atoms with Crippen LogP contribution in [0.3, 0.4) is 0 Å². The summed E-state index contributed by atoms with van der Waals surface area (Å²) in [6, 6.07) is -0.783. The Bertz CT molecular complexity index is 342. The monoisotopic (exact) mass is 226 g/mol. The predicted octanol–water partition coefficient (Wildman–Crippen LogP) is 0.863. The lowest BCUT2D eigenvalue weighted by atomic mass is 9.82. The average Bonchev–Trinajstić information content (AvgIpc) is 2.28. The Kier molecular flexibility index (Phi) is 2.80. The number of amides is 4. The molecular weight excluding hydrogens is 212 g/mol. The highest BCUT2D eigenvalue weighted by Gasteiger charge is 2.45. The Hall–Kier alpha value is -1.59. The second-order valence-corrected chi connectivity index (χ2v) is 4.09. The summed E-state index contributed by atoms with van der Waals surface area (Å²) in [7, 11) is 1.15. The molecule has 2 aliphatic rings. The van der Waals surface area contributed by atoms with E-state index < -0.39 is 18.0 Å². The lowest BCUT2D eigenvalue weighted by molar-refractivity contribution is -0.134. The van der Waals surface area contributed by atoms with Crippen molar-refractivity contribution in [2.24, 2.45) is 5.92 Å². The number of rotatable bonds is 0. The molecule has 0 spiro atoms. The Morgan fingerprint density at radius 2 is 2.06 bits per heavy atom. The van der Waals surface area contributed by atoms with Crippen LogP contribution >= 0.6 is 0 Å². The number of urea groups is 1. The summed E-state index contributed by atoms with van der Waals surface area (Å²) in [5.41, 5.74) is 0. The van der Waals surface area contributed by atoms with E-state index in [9.17, 15) is 14.4 Å². The summed E-state index contributed by atoms with van der Waals surface area (Å²) in [5.74, 6) is -0.703. The number of carbonyl (C=O) groups is 3. The Morgan fingerprint density at radius 3 is 2.75 bits per heavy atom. The molecule has 0 aromatic heterocycles. The maximum absolute atomic E-state index is 11.9. The molecule has 1 heterocycles. The summed E-state index contributed by atoms with van der Waals surface area (Å²) >= 11 is 0. The molecule has 1 saturated carbocycles. The molecule has 2 fully saturated rings. The SMILES string of the molecule is COC(=O)N1C(=O)N[C@H]2CCCC[C@@H]2C1=O. The molecule has 88 valence electrons. The summed E-state index contributed by atoms with van der Waals surface area (Å²) in [6.45, 7) is 0. The third kappa shape index (κ3) is 1.64. The fraction of sp³-hybridized carbons (Fsp3) is 0.700. The second kappa shape index (κ2) is 4.11. The van der Waals surface area contributed by atoms with Crippen molar-refractivity contribution < 1.29 is 19.1 Å². The van der Waals surface area contributed by atoms with Crippen molar-refractivity contribution in [1.82, 2.24) is 10.2 Å². The van der Waals surface area contributed by atoms with Crippen molar-refractivity contribution in [1.29, 1.82) is 0 Å². The van der Waals surface area contributed by atoms with E-state index in [2.05, 4.69) is 10.1 Å². The molecule has 2 atom stereocenters. The highest BCUT2D eigenvalue weighted by atomic mass is 16.5. The van der Waals surface area contributed by atoms with Gasteiger partial charge in [-0.3, -0.25) is 4.79 Å². The minimum Gasteiger partial charge on any atom is -0.452 e.